The van der Waals surface area contributed by atoms with Gasteiger partial charge in [0.15, 0.2) is 0 Å². The highest BCUT2D eigenvalue weighted by Crippen LogP contribution is 2.27. The Kier molecular flexibility index (Phi) is 4.11. The molecule has 0 amide bonds. The van der Waals surface area contributed by atoms with Crippen LogP contribution < -0.4 is 10.6 Å². The van der Waals surface area contributed by atoms with E-state index in [1.807, 2.05) is 30.5 Å². The highest BCUT2D eigenvalue weighted by molar-refractivity contribution is 5.75. The molecule has 0 unspecified atom stereocenters. The first kappa shape index (κ1) is 13.3. The molecule has 1 aromatic heterocycles. The molecule has 4 heteroatoms. The number of benzene rings is 1. The van der Waals surface area contributed by atoms with Crippen LogP contribution in [0.15, 0.2) is 30.5 Å². The normalized spacial score (nSPS) is 15.8. The van der Waals surface area contributed by atoms with E-state index in [-0.39, 0.29) is 0 Å². The van der Waals surface area contributed by atoms with Crippen molar-refractivity contribution in [3.63, 3.8) is 0 Å². The lowest BCUT2D eigenvalue weighted by Crippen LogP contribution is -2.35. The molecule has 2 aromatic rings. The second kappa shape index (κ2) is 6.18. The Morgan fingerprint density at radius 2 is 1.90 bits per heavy atom. The summed E-state index contributed by atoms with van der Waals surface area (Å²) in [5, 5.41) is 0. The van der Waals surface area contributed by atoms with Gasteiger partial charge in [0.2, 0.25) is 0 Å². The molecule has 106 valence electrons. The Labute approximate surface area is 120 Å². The van der Waals surface area contributed by atoms with Crippen molar-refractivity contribution in [2.24, 2.45) is 5.73 Å². The molecule has 0 radical (unpaired) electrons. The van der Waals surface area contributed by atoms with Crippen molar-refractivity contribution in [2.45, 2.75) is 38.1 Å². The van der Waals surface area contributed by atoms with Crippen molar-refractivity contribution >= 4 is 16.9 Å². The zero-order valence-electron chi connectivity index (χ0n) is 11.8. The van der Waals surface area contributed by atoms with Gasteiger partial charge in [0, 0.05) is 12.6 Å². The third-order valence-electron chi connectivity index (χ3n) is 4.10. The summed E-state index contributed by atoms with van der Waals surface area (Å²) in [6.45, 7) is 1.71. The summed E-state index contributed by atoms with van der Waals surface area (Å²) in [5.74, 6) is 1.00. The van der Waals surface area contributed by atoms with Crippen LogP contribution in [-0.4, -0.2) is 29.1 Å². The first-order valence-electron chi connectivity index (χ1n) is 7.57. The van der Waals surface area contributed by atoms with Crippen LogP contribution in [0.4, 0.5) is 5.82 Å². The Morgan fingerprint density at radius 3 is 2.65 bits per heavy atom. The number of anilines is 1. The highest BCUT2D eigenvalue weighted by Gasteiger charge is 2.23. The van der Waals surface area contributed by atoms with Gasteiger partial charge in [-0.3, -0.25) is 4.98 Å². The molecule has 1 heterocycles. The van der Waals surface area contributed by atoms with Crippen LogP contribution in [0, 0.1) is 0 Å². The average Bonchev–Trinajstić information content (AvgIpc) is 3.02. The Hall–Kier alpha value is -1.68. The summed E-state index contributed by atoms with van der Waals surface area (Å²) in [5.41, 5.74) is 7.61. The van der Waals surface area contributed by atoms with E-state index >= 15 is 0 Å². The van der Waals surface area contributed by atoms with E-state index in [4.69, 9.17) is 10.7 Å². The molecule has 20 heavy (non-hydrogen) atoms. The van der Waals surface area contributed by atoms with Crippen LogP contribution in [0.5, 0.6) is 0 Å². The molecule has 0 atom stereocenters. The predicted octanol–water partition coefficient (Wildman–Crippen LogP) is 2.73. The van der Waals surface area contributed by atoms with E-state index in [0.717, 1.165) is 36.4 Å². The van der Waals surface area contributed by atoms with Gasteiger partial charge in [-0.05, 0) is 37.9 Å². The average molecular weight is 270 g/mol. The Bertz CT molecular complexity index is 563. The smallest absolute Gasteiger partial charge is 0.148 e. The molecule has 1 aliphatic rings. The van der Waals surface area contributed by atoms with Gasteiger partial charge in [-0.15, -0.1) is 0 Å². The van der Waals surface area contributed by atoms with E-state index in [0.29, 0.717) is 6.04 Å². The van der Waals surface area contributed by atoms with Gasteiger partial charge in [-0.2, -0.15) is 0 Å². The summed E-state index contributed by atoms with van der Waals surface area (Å²) in [4.78, 5) is 11.8. The van der Waals surface area contributed by atoms with E-state index in [9.17, 15) is 0 Å². The van der Waals surface area contributed by atoms with Crippen molar-refractivity contribution in [3.8, 4) is 0 Å². The predicted molar refractivity (Wildman–Crippen MR) is 82.8 cm³/mol. The molecule has 4 nitrogen and oxygen atoms in total. The summed E-state index contributed by atoms with van der Waals surface area (Å²) in [7, 11) is 0. The van der Waals surface area contributed by atoms with Crippen molar-refractivity contribution in [1.29, 1.82) is 0 Å². The summed E-state index contributed by atoms with van der Waals surface area (Å²) >= 11 is 0. The highest BCUT2D eigenvalue weighted by atomic mass is 15.2. The molecule has 2 N–H and O–H groups in total. The maximum Gasteiger partial charge on any atom is 0.148 e. The number of hydrogen-bond donors (Lipinski definition) is 1. The minimum atomic E-state index is 0.608. The lowest BCUT2D eigenvalue weighted by Gasteiger charge is -2.29. The second-order valence-electron chi connectivity index (χ2n) is 5.49. The zero-order valence-corrected chi connectivity index (χ0v) is 11.8. The molecule has 0 bridgehead atoms. The number of aromatic nitrogens is 2. The SMILES string of the molecule is NCCCN(c1cnc2ccccc2n1)C1CCCC1. The van der Waals surface area contributed by atoms with E-state index in [1.165, 1.54) is 25.7 Å². The van der Waals surface area contributed by atoms with Crippen LogP contribution in [0.2, 0.25) is 0 Å². The summed E-state index contributed by atoms with van der Waals surface area (Å²) < 4.78 is 0. The number of nitrogens with zero attached hydrogens (tertiary/aromatic N) is 3. The van der Waals surface area contributed by atoms with Crippen LogP contribution in [0.25, 0.3) is 11.0 Å². The van der Waals surface area contributed by atoms with Gasteiger partial charge in [0.25, 0.3) is 0 Å². The van der Waals surface area contributed by atoms with Gasteiger partial charge in [0.1, 0.15) is 5.82 Å². The van der Waals surface area contributed by atoms with E-state index in [2.05, 4.69) is 9.88 Å². The lowest BCUT2D eigenvalue weighted by atomic mass is 10.2. The second-order valence-corrected chi connectivity index (χ2v) is 5.49. The van der Waals surface area contributed by atoms with E-state index < -0.39 is 0 Å². The fourth-order valence-corrected chi connectivity index (χ4v) is 3.05. The molecule has 1 aromatic carbocycles. The van der Waals surface area contributed by atoms with Crippen LogP contribution >= 0.6 is 0 Å². The Balaban J connectivity index is 1.90. The van der Waals surface area contributed by atoms with Gasteiger partial charge < -0.3 is 10.6 Å². The van der Waals surface area contributed by atoms with Crippen molar-refractivity contribution in [2.75, 3.05) is 18.0 Å². The van der Waals surface area contributed by atoms with Crippen molar-refractivity contribution < 1.29 is 0 Å². The maximum absolute atomic E-state index is 5.68. The van der Waals surface area contributed by atoms with Crippen LogP contribution in [-0.2, 0) is 0 Å². The fraction of sp³-hybridized carbons (Fsp3) is 0.500. The topological polar surface area (TPSA) is 55.0 Å². The van der Waals surface area contributed by atoms with Gasteiger partial charge >= 0.3 is 0 Å². The number of para-hydroxylation sites is 2. The number of fused-ring (bicyclic) bond motifs is 1. The first-order chi connectivity index (χ1) is 9.88. The zero-order chi connectivity index (χ0) is 13.8. The minimum Gasteiger partial charge on any atom is -0.352 e. The largest absolute Gasteiger partial charge is 0.352 e. The first-order valence-corrected chi connectivity index (χ1v) is 7.57. The number of rotatable bonds is 5. The molecule has 0 aliphatic heterocycles. The lowest BCUT2D eigenvalue weighted by molar-refractivity contribution is 0.587. The Morgan fingerprint density at radius 1 is 1.15 bits per heavy atom. The van der Waals surface area contributed by atoms with E-state index in [1.54, 1.807) is 0 Å². The molecule has 0 spiro atoms. The van der Waals surface area contributed by atoms with Gasteiger partial charge in [0.05, 0.1) is 17.2 Å². The minimum absolute atomic E-state index is 0.608. The molecule has 1 saturated carbocycles. The maximum atomic E-state index is 5.68. The molecule has 0 saturated heterocycles. The molecule has 3 rings (SSSR count). The van der Waals surface area contributed by atoms with Crippen molar-refractivity contribution in [1.82, 2.24) is 9.97 Å². The monoisotopic (exact) mass is 270 g/mol. The number of hydrogen-bond acceptors (Lipinski definition) is 4. The van der Waals surface area contributed by atoms with Crippen LogP contribution in [0.1, 0.15) is 32.1 Å². The quantitative estimate of drug-likeness (QED) is 0.907. The number of nitrogens with two attached hydrogens (primary N) is 1. The third kappa shape index (κ3) is 2.75. The summed E-state index contributed by atoms with van der Waals surface area (Å²) in [6.07, 6.45) is 8.09. The van der Waals surface area contributed by atoms with Crippen molar-refractivity contribution in [3.05, 3.63) is 30.5 Å². The van der Waals surface area contributed by atoms with Gasteiger partial charge in [-0.25, -0.2) is 4.98 Å². The van der Waals surface area contributed by atoms with Crippen LogP contribution in [0.3, 0.4) is 0 Å². The molecule has 1 aliphatic carbocycles. The molecular weight excluding hydrogens is 248 g/mol. The molecule has 1 fully saturated rings. The van der Waals surface area contributed by atoms with Gasteiger partial charge in [-0.1, -0.05) is 25.0 Å². The third-order valence-corrected chi connectivity index (χ3v) is 4.10. The summed E-state index contributed by atoms with van der Waals surface area (Å²) in [6, 6.07) is 8.66. The standard InChI is InChI=1S/C16H22N4/c17-10-5-11-20(13-6-1-2-7-13)16-12-18-14-8-3-4-9-15(14)19-16/h3-4,8-9,12-13H,1-2,5-7,10-11,17H2. The molecular formula is C16H22N4. The fourth-order valence-electron chi connectivity index (χ4n) is 3.05.